The van der Waals surface area contributed by atoms with Gasteiger partial charge in [-0.2, -0.15) is 0 Å². The minimum atomic E-state index is -0.0130. The fourth-order valence-electron chi connectivity index (χ4n) is 3.25. The number of hydrogen-bond donors (Lipinski definition) is 1. The Kier molecular flexibility index (Phi) is 4.28. The SMILES string of the molecule is CC(C)CC1NC(C)C(=O)N1C1CCCN(C)C1. The summed E-state index contributed by atoms with van der Waals surface area (Å²) in [6.07, 6.45) is 3.65. The Morgan fingerprint density at radius 1 is 1.44 bits per heavy atom. The van der Waals surface area contributed by atoms with Crippen LogP contribution >= 0.6 is 0 Å². The van der Waals surface area contributed by atoms with Crippen LogP contribution in [-0.2, 0) is 4.79 Å². The smallest absolute Gasteiger partial charge is 0.241 e. The van der Waals surface area contributed by atoms with Gasteiger partial charge in [-0.3, -0.25) is 10.1 Å². The minimum Gasteiger partial charge on any atom is -0.322 e. The molecule has 2 saturated heterocycles. The summed E-state index contributed by atoms with van der Waals surface area (Å²) >= 11 is 0. The van der Waals surface area contributed by atoms with Crippen LogP contribution in [0.15, 0.2) is 0 Å². The molecule has 2 aliphatic rings. The highest BCUT2D eigenvalue weighted by atomic mass is 16.2. The van der Waals surface area contributed by atoms with Crippen molar-refractivity contribution in [2.75, 3.05) is 20.1 Å². The van der Waals surface area contributed by atoms with E-state index >= 15 is 0 Å². The maximum absolute atomic E-state index is 12.3. The quantitative estimate of drug-likeness (QED) is 0.823. The van der Waals surface area contributed by atoms with E-state index in [9.17, 15) is 4.79 Å². The Morgan fingerprint density at radius 2 is 2.17 bits per heavy atom. The largest absolute Gasteiger partial charge is 0.322 e. The number of hydrogen-bond acceptors (Lipinski definition) is 3. The van der Waals surface area contributed by atoms with Crippen LogP contribution in [0.3, 0.4) is 0 Å². The van der Waals surface area contributed by atoms with E-state index in [0.717, 1.165) is 25.9 Å². The molecule has 104 valence electrons. The first-order chi connectivity index (χ1) is 8.49. The number of amides is 1. The van der Waals surface area contributed by atoms with Gasteiger partial charge in [0.2, 0.25) is 5.91 Å². The second kappa shape index (κ2) is 5.57. The molecule has 1 N–H and O–H groups in total. The van der Waals surface area contributed by atoms with Crippen LogP contribution in [0, 0.1) is 5.92 Å². The van der Waals surface area contributed by atoms with E-state index < -0.39 is 0 Å². The lowest BCUT2D eigenvalue weighted by molar-refractivity contribution is -0.133. The zero-order valence-electron chi connectivity index (χ0n) is 12.1. The topological polar surface area (TPSA) is 35.6 Å². The fourth-order valence-corrected chi connectivity index (χ4v) is 3.25. The van der Waals surface area contributed by atoms with E-state index in [1.54, 1.807) is 0 Å². The van der Waals surface area contributed by atoms with Gasteiger partial charge in [-0.15, -0.1) is 0 Å². The molecule has 0 aromatic rings. The number of piperidine rings is 1. The highest BCUT2D eigenvalue weighted by molar-refractivity contribution is 5.84. The molecule has 0 bridgehead atoms. The first-order valence-electron chi connectivity index (χ1n) is 7.25. The third kappa shape index (κ3) is 2.86. The lowest BCUT2D eigenvalue weighted by Crippen LogP contribution is -2.52. The third-order valence-electron chi connectivity index (χ3n) is 4.09. The van der Waals surface area contributed by atoms with Crippen molar-refractivity contribution in [3.05, 3.63) is 0 Å². The van der Waals surface area contributed by atoms with Crippen LogP contribution in [-0.4, -0.2) is 54.1 Å². The lowest BCUT2D eigenvalue weighted by Gasteiger charge is -2.39. The Hall–Kier alpha value is -0.610. The molecular weight excluding hydrogens is 226 g/mol. The van der Waals surface area contributed by atoms with Gasteiger partial charge in [0.05, 0.1) is 12.2 Å². The molecule has 3 atom stereocenters. The standard InChI is InChI=1S/C14H27N3O/c1-10(2)8-13-15-11(3)14(18)17(13)12-6-5-7-16(4)9-12/h10-13,15H,5-9H2,1-4H3. The number of likely N-dealkylation sites (tertiary alicyclic amines) is 1. The highest BCUT2D eigenvalue weighted by Crippen LogP contribution is 2.24. The molecular formula is C14H27N3O. The first-order valence-corrected chi connectivity index (χ1v) is 7.25. The molecule has 18 heavy (non-hydrogen) atoms. The van der Waals surface area contributed by atoms with Gasteiger partial charge in [0.25, 0.3) is 0 Å². The maximum atomic E-state index is 12.3. The lowest BCUT2D eigenvalue weighted by atomic mass is 10.0. The Bertz CT molecular complexity index is 301. The van der Waals surface area contributed by atoms with Crippen molar-refractivity contribution in [2.45, 2.75) is 58.3 Å². The zero-order chi connectivity index (χ0) is 13.3. The van der Waals surface area contributed by atoms with Gasteiger partial charge in [-0.05, 0) is 45.7 Å². The van der Waals surface area contributed by atoms with Crippen molar-refractivity contribution < 1.29 is 4.79 Å². The van der Waals surface area contributed by atoms with Crippen molar-refractivity contribution in [3.8, 4) is 0 Å². The molecule has 1 amide bonds. The summed E-state index contributed by atoms with van der Waals surface area (Å²) < 4.78 is 0. The maximum Gasteiger partial charge on any atom is 0.241 e. The van der Waals surface area contributed by atoms with E-state index in [1.807, 2.05) is 6.92 Å². The number of carbonyl (C=O) groups excluding carboxylic acids is 1. The molecule has 0 saturated carbocycles. The van der Waals surface area contributed by atoms with Gasteiger partial charge >= 0.3 is 0 Å². The predicted octanol–water partition coefficient (Wildman–Crippen LogP) is 1.27. The van der Waals surface area contributed by atoms with Gasteiger partial charge in [-0.25, -0.2) is 0 Å². The average Bonchev–Trinajstić information content (AvgIpc) is 2.53. The van der Waals surface area contributed by atoms with Crippen LogP contribution < -0.4 is 5.32 Å². The van der Waals surface area contributed by atoms with E-state index in [1.165, 1.54) is 6.42 Å². The number of nitrogens with one attached hydrogen (secondary N) is 1. The molecule has 4 heteroatoms. The summed E-state index contributed by atoms with van der Waals surface area (Å²) in [5.41, 5.74) is 0. The second-order valence-electron chi connectivity index (χ2n) is 6.34. The average molecular weight is 253 g/mol. The van der Waals surface area contributed by atoms with Crippen molar-refractivity contribution in [2.24, 2.45) is 5.92 Å². The Labute approximate surface area is 111 Å². The molecule has 3 unspecified atom stereocenters. The Morgan fingerprint density at radius 3 is 2.78 bits per heavy atom. The molecule has 2 aliphatic heterocycles. The van der Waals surface area contributed by atoms with Crippen molar-refractivity contribution >= 4 is 5.91 Å². The van der Waals surface area contributed by atoms with Crippen LogP contribution in [0.25, 0.3) is 0 Å². The molecule has 0 aliphatic carbocycles. The summed E-state index contributed by atoms with van der Waals surface area (Å²) in [5, 5.41) is 3.46. The monoisotopic (exact) mass is 253 g/mol. The van der Waals surface area contributed by atoms with Crippen LogP contribution in [0.4, 0.5) is 0 Å². The summed E-state index contributed by atoms with van der Waals surface area (Å²) in [6, 6.07) is 0.387. The summed E-state index contributed by atoms with van der Waals surface area (Å²) in [6.45, 7) is 8.62. The normalized spacial score (nSPS) is 34.6. The minimum absolute atomic E-state index is 0.0130. The van der Waals surface area contributed by atoms with E-state index in [4.69, 9.17) is 0 Å². The van der Waals surface area contributed by atoms with Crippen LogP contribution in [0.2, 0.25) is 0 Å². The van der Waals surface area contributed by atoms with Gasteiger partial charge in [0.1, 0.15) is 0 Å². The molecule has 0 aromatic carbocycles. The van der Waals surface area contributed by atoms with Crippen LogP contribution in [0.5, 0.6) is 0 Å². The van der Waals surface area contributed by atoms with Crippen molar-refractivity contribution in [3.63, 3.8) is 0 Å². The van der Waals surface area contributed by atoms with Crippen molar-refractivity contribution in [1.29, 1.82) is 0 Å². The summed E-state index contributed by atoms with van der Waals surface area (Å²) in [7, 11) is 2.15. The number of nitrogens with zero attached hydrogens (tertiary/aromatic N) is 2. The predicted molar refractivity (Wildman–Crippen MR) is 73.2 cm³/mol. The van der Waals surface area contributed by atoms with Crippen molar-refractivity contribution in [1.82, 2.24) is 15.1 Å². The van der Waals surface area contributed by atoms with E-state index in [-0.39, 0.29) is 12.2 Å². The summed E-state index contributed by atoms with van der Waals surface area (Å²) in [4.78, 5) is 16.8. The first kappa shape index (κ1) is 13.8. The molecule has 0 aromatic heterocycles. The molecule has 4 nitrogen and oxygen atoms in total. The highest BCUT2D eigenvalue weighted by Gasteiger charge is 2.41. The van der Waals surface area contributed by atoms with E-state index in [2.05, 4.69) is 36.0 Å². The summed E-state index contributed by atoms with van der Waals surface area (Å²) in [5.74, 6) is 0.908. The van der Waals surface area contributed by atoms with Gasteiger partial charge in [0.15, 0.2) is 0 Å². The Balaban J connectivity index is 2.08. The number of likely N-dealkylation sites (N-methyl/N-ethyl adjacent to an activating group) is 1. The van der Waals surface area contributed by atoms with Crippen LogP contribution in [0.1, 0.15) is 40.0 Å². The second-order valence-corrected chi connectivity index (χ2v) is 6.34. The fraction of sp³-hybridized carbons (Fsp3) is 0.929. The van der Waals surface area contributed by atoms with Gasteiger partial charge < -0.3 is 9.80 Å². The molecule has 0 radical (unpaired) electrons. The third-order valence-corrected chi connectivity index (χ3v) is 4.09. The van der Waals surface area contributed by atoms with Gasteiger partial charge in [0, 0.05) is 12.6 Å². The molecule has 2 fully saturated rings. The number of carbonyl (C=O) groups is 1. The van der Waals surface area contributed by atoms with Gasteiger partial charge in [-0.1, -0.05) is 13.8 Å². The molecule has 0 spiro atoms. The number of rotatable bonds is 3. The molecule has 2 rings (SSSR count). The molecule has 2 heterocycles. The zero-order valence-corrected chi connectivity index (χ0v) is 12.1. The van der Waals surface area contributed by atoms with E-state index in [0.29, 0.717) is 17.9 Å².